The molecule has 0 saturated carbocycles. The van der Waals surface area contributed by atoms with Crippen molar-refractivity contribution in [3.63, 3.8) is 0 Å². The fraction of sp³-hybridized carbons (Fsp3) is 0.750. The van der Waals surface area contributed by atoms with E-state index in [4.69, 9.17) is 4.74 Å². The third-order valence-electron chi connectivity index (χ3n) is 3.62. The first kappa shape index (κ1) is 16.3. The molecule has 1 aromatic rings. The molecule has 0 saturated heterocycles. The van der Waals surface area contributed by atoms with E-state index >= 15 is 0 Å². The molecule has 0 spiro atoms. The number of ether oxygens (including phenoxy) is 1. The van der Waals surface area contributed by atoms with Crippen LogP contribution in [0.2, 0.25) is 0 Å². The van der Waals surface area contributed by atoms with Gasteiger partial charge in [-0.3, -0.25) is 5.32 Å². The highest BCUT2D eigenvalue weighted by atomic mass is 32.1. The van der Waals surface area contributed by atoms with Crippen LogP contribution in [-0.4, -0.2) is 16.7 Å². The molecule has 21 heavy (non-hydrogen) atoms. The molecule has 0 aliphatic heterocycles. The Bertz CT molecular complexity index is 491. The summed E-state index contributed by atoms with van der Waals surface area (Å²) in [5, 5.41) is 3.43. The van der Waals surface area contributed by atoms with Gasteiger partial charge in [0.1, 0.15) is 5.60 Å². The third kappa shape index (κ3) is 4.99. The van der Waals surface area contributed by atoms with E-state index in [-0.39, 0.29) is 0 Å². The van der Waals surface area contributed by atoms with Crippen LogP contribution in [0.1, 0.15) is 63.9 Å². The van der Waals surface area contributed by atoms with Crippen LogP contribution in [-0.2, 0) is 17.6 Å². The van der Waals surface area contributed by atoms with E-state index in [9.17, 15) is 4.79 Å². The molecule has 0 radical (unpaired) electrons. The van der Waals surface area contributed by atoms with Crippen LogP contribution in [0.25, 0.3) is 0 Å². The number of amides is 1. The van der Waals surface area contributed by atoms with Crippen molar-refractivity contribution in [3.05, 3.63) is 10.6 Å². The number of hydrogen-bond donors (Lipinski definition) is 1. The summed E-state index contributed by atoms with van der Waals surface area (Å²) in [6.07, 6.45) is 6.83. The van der Waals surface area contributed by atoms with Gasteiger partial charge in [-0.2, -0.15) is 0 Å². The highest BCUT2D eigenvalue weighted by Crippen LogP contribution is 2.34. The maximum Gasteiger partial charge on any atom is 0.413 e. The zero-order chi connectivity index (χ0) is 15.5. The second-order valence-corrected chi connectivity index (χ2v) is 7.85. The summed E-state index contributed by atoms with van der Waals surface area (Å²) in [6.45, 7) is 7.82. The van der Waals surface area contributed by atoms with Crippen LogP contribution in [0.4, 0.5) is 9.93 Å². The molecule has 118 valence electrons. The number of unbranched alkanes of at least 4 members (excludes halogenated alkanes) is 1. The number of thiazole rings is 1. The van der Waals surface area contributed by atoms with Crippen molar-refractivity contribution in [2.24, 2.45) is 5.92 Å². The quantitative estimate of drug-likeness (QED) is 0.870. The van der Waals surface area contributed by atoms with Crippen LogP contribution in [0.15, 0.2) is 0 Å². The number of hydrogen-bond acceptors (Lipinski definition) is 4. The van der Waals surface area contributed by atoms with Crippen LogP contribution in [0.5, 0.6) is 0 Å². The Balaban J connectivity index is 1.93. The van der Waals surface area contributed by atoms with Gasteiger partial charge in [0.25, 0.3) is 0 Å². The van der Waals surface area contributed by atoms with Gasteiger partial charge in [0.15, 0.2) is 5.13 Å². The van der Waals surface area contributed by atoms with E-state index in [2.05, 4.69) is 17.2 Å². The van der Waals surface area contributed by atoms with Crippen molar-refractivity contribution >= 4 is 22.6 Å². The van der Waals surface area contributed by atoms with Crippen molar-refractivity contribution in [2.75, 3.05) is 5.32 Å². The Kier molecular flexibility index (Phi) is 5.25. The molecule has 1 N–H and O–H groups in total. The number of aromatic nitrogens is 1. The number of anilines is 1. The molecule has 1 aromatic heterocycles. The third-order valence-corrected chi connectivity index (χ3v) is 4.65. The molecule has 4 nitrogen and oxygen atoms in total. The normalized spacial score (nSPS) is 18.2. The molecule has 0 fully saturated rings. The van der Waals surface area contributed by atoms with Crippen LogP contribution >= 0.6 is 11.3 Å². The van der Waals surface area contributed by atoms with E-state index in [1.54, 1.807) is 11.3 Å². The van der Waals surface area contributed by atoms with Gasteiger partial charge in [-0.25, -0.2) is 9.78 Å². The van der Waals surface area contributed by atoms with Crippen molar-refractivity contribution in [3.8, 4) is 0 Å². The molecular weight excluding hydrogens is 284 g/mol. The number of carbonyl (C=O) groups excluding carboxylic acids is 1. The lowest BCUT2D eigenvalue weighted by Gasteiger charge is -2.20. The van der Waals surface area contributed by atoms with E-state index < -0.39 is 11.7 Å². The summed E-state index contributed by atoms with van der Waals surface area (Å²) in [4.78, 5) is 17.7. The summed E-state index contributed by atoms with van der Waals surface area (Å²) in [5.74, 6) is 0.785. The summed E-state index contributed by atoms with van der Waals surface area (Å²) in [5.41, 5.74) is 0.686. The minimum atomic E-state index is -0.480. The standard InChI is InChI=1S/C16H26N2O2S/c1-5-6-7-11-8-9-12-13(10-11)21-14(17-12)18-15(19)20-16(2,3)4/h11H,5-10H2,1-4H3,(H,17,18,19). The number of fused-ring (bicyclic) bond motifs is 1. The largest absolute Gasteiger partial charge is 0.444 e. The summed E-state index contributed by atoms with van der Waals surface area (Å²) >= 11 is 1.60. The fourth-order valence-corrected chi connectivity index (χ4v) is 3.73. The Hall–Kier alpha value is -1.10. The van der Waals surface area contributed by atoms with Crippen molar-refractivity contribution in [2.45, 2.75) is 71.8 Å². The lowest BCUT2D eigenvalue weighted by Crippen LogP contribution is -2.27. The first-order valence-electron chi connectivity index (χ1n) is 7.86. The molecule has 0 aromatic carbocycles. The SMILES string of the molecule is CCCCC1CCc2nc(NC(=O)OC(C)(C)C)sc2C1. The molecule has 1 aliphatic rings. The number of aryl methyl sites for hydroxylation is 1. The molecule has 2 rings (SSSR count). The molecule has 0 bridgehead atoms. The topological polar surface area (TPSA) is 51.2 Å². The van der Waals surface area contributed by atoms with E-state index in [0.717, 1.165) is 18.8 Å². The fourth-order valence-electron chi connectivity index (χ4n) is 2.63. The Labute approximate surface area is 131 Å². The highest BCUT2D eigenvalue weighted by Gasteiger charge is 2.23. The number of rotatable bonds is 4. The van der Waals surface area contributed by atoms with Crippen molar-refractivity contribution < 1.29 is 9.53 Å². The van der Waals surface area contributed by atoms with Crippen LogP contribution in [0, 0.1) is 5.92 Å². The smallest absolute Gasteiger partial charge is 0.413 e. The first-order valence-corrected chi connectivity index (χ1v) is 8.67. The predicted octanol–water partition coefficient (Wildman–Crippen LogP) is 4.79. The maximum atomic E-state index is 11.8. The van der Waals surface area contributed by atoms with Gasteiger partial charge in [0.05, 0.1) is 5.69 Å². The minimum absolute atomic E-state index is 0.420. The monoisotopic (exact) mass is 310 g/mol. The van der Waals surface area contributed by atoms with Crippen molar-refractivity contribution in [1.29, 1.82) is 0 Å². The second kappa shape index (κ2) is 6.77. The molecule has 1 atom stereocenters. The number of carbonyl (C=O) groups is 1. The summed E-state index contributed by atoms with van der Waals surface area (Å²) < 4.78 is 5.26. The van der Waals surface area contributed by atoms with Gasteiger partial charge in [-0.05, 0) is 46.0 Å². The van der Waals surface area contributed by atoms with Gasteiger partial charge in [0, 0.05) is 4.88 Å². The van der Waals surface area contributed by atoms with E-state index in [0.29, 0.717) is 5.13 Å². The average Bonchev–Trinajstić information content (AvgIpc) is 2.74. The van der Waals surface area contributed by atoms with E-state index in [1.165, 1.54) is 36.3 Å². The average molecular weight is 310 g/mol. The van der Waals surface area contributed by atoms with Crippen molar-refractivity contribution in [1.82, 2.24) is 4.98 Å². The lowest BCUT2D eigenvalue weighted by molar-refractivity contribution is 0.0636. The molecule has 1 amide bonds. The Morgan fingerprint density at radius 2 is 2.24 bits per heavy atom. The summed E-state index contributed by atoms with van der Waals surface area (Å²) in [7, 11) is 0. The lowest BCUT2D eigenvalue weighted by atomic mass is 9.87. The van der Waals surface area contributed by atoms with Crippen LogP contribution in [0.3, 0.4) is 0 Å². The van der Waals surface area contributed by atoms with E-state index in [1.807, 2.05) is 20.8 Å². The molecule has 1 aliphatic carbocycles. The molecule has 1 unspecified atom stereocenters. The van der Waals surface area contributed by atoms with Crippen LogP contribution < -0.4 is 5.32 Å². The highest BCUT2D eigenvalue weighted by molar-refractivity contribution is 7.15. The second-order valence-electron chi connectivity index (χ2n) is 6.77. The molecule has 1 heterocycles. The Morgan fingerprint density at radius 1 is 1.48 bits per heavy atom. The molecular formula is C16H26N2O2S. The zero-order valence-electron chi connectivity index (χ0n) is 13.5. The van der Waals surface area contributed by atoms with Gasteiger partial charge in [-0.1, -0.05) is 26.2 Å². The Morgan fingerprint density at radius 3 is 2.90 bits per heavy atom. The first-order chi connectivity index (χ1) is 9.87. The van der Waals surface area contributed by atoms with Gasteiger partial charge in [0.2, 0.25) is 0 Å². The number of nitrogens with one attached hydrogen (secondary N) is 1. The predicted molar refractivity (Wildman–Crippen MR) is 87.0 cm³/mol. The van der Waals surface area contributed by atoms with Gasteiger partial charge in [-0.15, -0.1) is 11.3 Å². The van der Waals surface area contributed by atoms with Gasteiger partial charge >= 0.3 is 6.09 Å². The number of nitrogens with zero attached hydrogens (tertiary/aromatic N) is 1. The molecule has 5 heteroatoms. The maximum absolute atomic E-state index is 11.8. The summed E-state index contributed by atoms with van der Waals surface area (Å²) in [6, 6.07) is 0. The van der Waals surface area contributed by atoms with Gasteiger partial charge < -0.3 is 4.74 Å². The zero-order valence-corrected chi connectivity index (χ0v) is 14.3. The minimum Gasteiger partial charge on any atom is -0.444 e.